The number of anilines is 1. The summed E-state index contributed by atoms with van der Waals surface area (Å²) in [5.41, 5.74) is -0.312. The number of carbonyl (C=O) groups excluding carboxylic acids is 2. The Morgan fingerprint density at radius 3 is 2.62 bits per heavy atom. The Bertz CT molecular complexity index is 1110. The van der Waals surface area contributed by atoms with Crippen molar-refractivity contribution in [1.82, 2.24) is 9.97 Å². The molecule has 1 aromatic carbocycles. The Labute approximate surface area is 199 Å². The molecular weight excluding hydrogens is 464 g/mol. The van der Waals surface area contributed by atoms with Crippen molar-refractivity contribution in [3.8, 4) is 11.3 Å². The number of nitrogens with zero attached hydrogens (tertiary/aromatic N) is 3. The van der Waals surface area contributed by atoms with Crippen LogP contribution in [0.2, 0.25) is 0 Å². The number of amides is 1. The highest BCUT2D eigenvalue weighted by Gasteiger charge is 2.33. The summed E-state index contributed by atoms with van der Waals surface area (Å²) in [5, 5.41) is 2.42. The predicted octanol–water partition coefficient (Wildman–Crippen LogP) is 5.31. The Morgan fingerprint density at radius 2 is 1.94 bits per heavy atom. The van der Waals surface area contributed by atoms with Gasteiger partial charge in [0.15, 0.2) is 22.9 Å². The van der Waals surface area contributed by atoms with Crippen LogP contribution in [0.25, 0.3) is 11.3 Å². The molecule has 1 aliphatic carbocycles. The van der Waals surface area contributed by atoms with Crippen molar-refractivity contribution >= 4 is 28.3 Å². The standard InChI is InChI=1S/C24H25F2N3O4S/c1-15(23(31)29(24-27-12-13-34-24)16-6-3-2-4-7-16)32-21(30)11-10-20-28-14-19(33-20)22-17(25)8-5-9-18(22)26/h5,8-9,12-16H,2-4,6-7,10-11H2,1H3. The number of hydrogen-bond acceptors (Lipinski definition) is 7. The van der Waals surface area contributed by atoms with Crippen LogP contribution in [0.3, 0.4) is 0 Å². The van der Waals surface area contributed by atoms with E-state index in [1.54, 1.807) is 18.0 Å². The number of rotatable bonds is 8. The molecule has 1 aliphatic rings. The maximum absolute atomic E-state index is 13.9. The van der Waals surface area contributed by atoms with Crippen molar-refractivity contribution in [2.75, 3.05) is 4.90 Å². The van der Waals surface area contributed by atoms with Gasteiger partial charge in [0.2, 0.25) is 0 Å². The maximum atomic E-state index is 13.9. The number of carbonyl (C=O) groups is 2. The molecule has 2 aromatic heterocycles. The van der Waals surface area contributed by atoms with E-state index in [-0.39, 0.29) is 42.0 Å². The van der Waals surface area contributed by atoms with Gasteiger partial charge in [-0.15, -0.1) is 11.3 Å². The van der Waals surface area contributed by atoms with Crippen molar-refractivity contribution < 1.29 is 27.5 Å². The first-order valence-electron chi connectivity index (χ1n) is 11.2. The monoisotopic (exact) mass is 489 g/mol. The lowest BCUT2D eigenvalue weighted by molar-refractivity contribution is -0.154. The molecule has 1 unspecified atom stereocenters. The highest BCUT2D eigenvalue weighted by molar-refractivity contribution is 7.13. The fraction of sp³-hybridized carbons (Fsp3) is 0.417. The third-order valence-corrected chi connectivity index (χ3v) is 6.54. The van der Waals surface area contributed by atoms with E-state index < -0.39 is 23.7 Å². The van der Waals surface area contributed by atoms with Gasteiger partial charge >= 0.3 is 5.97 Å². The Hall–Kier alpha value is -3.14. The van der Waals surface area contributed by atoms with Crippen LogP contribution in [-0.4, -0.2) is 34.0 Å². The van der Waals surface area contributed by atoms with Crippen LogP contribution in [0.1, 0.15) is 51.3 Å². The minimum atomic E-state index is -0.981. The maximum Gasteiger partial charge on any atom is 0.307 e. The van der Waals surface area contributed by atoms with Crippen molar-refractivity contribution in [2.45, 2.75) is 64.0 Å². The fourth-order valence-corrected chi connectivity index (χ4v) is 4.81. The molecule has 0 bridgehead atoms. The van der Waals surface area contributed by atoms with Gasteiger partial charge in [0.05, 0.1) is 18.2 Å². The molecule has 180 valence electrons. The number of benzene rings is 1. The minimum absolute atomic E-state index is 0.0399. The third kappa shape index (κ3) is 5.49. The number of esters is 1. The lowest BCUT2D eigenvalue weighted by Gasteiger charge is -2.33. The van der Waals surface area contributed by atoms with Gasteiger partial charge in [0.25, 0.3) is 5.91 Å². The molecule has 7 nitrogen and oxygen atoms in total. The smallest absolute Gasteiger partial charge is 0.307 e. The summed E-state index contributed by atoms with van der Waals surface area (Å²) < 4.78 is 38.7. The van der Waals surface area contributed by atoms with Crippen LogP contribution in [0.5, 0.6) is 0 Å². The summed E-state index contributed by atoms with van der Waals surface area (Å²) >= 11 is 1.38. The zero-order valence-corrected chi connectivity index (χ0v) is 19.5. The SMILES string of the molecule is CC(OC(=O)CCc1ncc(-c2c(F)cccc2F)o1)C(=O)N(c1nccs1)C1CCCCC1. The lowest BCUT2D eigenvalue weighted by atomic mass is 9.94. The highest BCUT2D eigenvalue weighted by Crippen LogP contribution is 2.30. The molecule has 34 heavy (non-hydrogen) atoms. The van der Waals surface area contributed by atoms with Crippen LogP contribution >= 0.6 is 11.3 Å². The normalized spacial score (nSPS) is 15.1. The summed E-state index contributed by atoms with van der Waals surface area (Å²) in [7, 11) is 0. The van der Waals surface area contributed by atoms with Crippen LogP contribution in [0.15, 0.2) is 40.4 Å². The molecule has 1 atom stereocenters. The van der Waals surface area contributed by atoms with Gasteiger partial charge in [-0.3, -0.25) is 14.5 Å². The van der Waals surface area contributed by atoms with Crippen molar-refractivity contribution in [1.29, 1.82) is 0 Å². The van der Waals surface area contributed by atoms with Gasteiger partial charge in [-0.2, -0.15) is 0 Å². The van der Waals surface area contributed by atoms with Gasteiger partial charge in [0.1, 0.15) is 11.6 Å². The first-order valence-corrected chi connectivity index (χ1v) is 12.1. The van der Waals surface area contributed by atoms with Crippen molar-refractivity contribution in [2.24, 2.45) is 0 Å². The first kappa shape index (κ1) is 24.0. The van der Waals surface area contributed by atoms with Crippen molar-refractivity contribution in [3.63, 3.8) is 0 Å². The Morgan fingerprint density at radius 1 is 1.21 bits per heavy atom. The van der Waals surface area contributed by atoms with E-state index in [2.05, 4.69) is 9.97 Å². The summed E-state index contributed by atoms with van der Waals surface area (Å²) in [6.07, 6.45) is 6.86. The Balaban J connectivity index is 1.35. The quantitative estimate of drug-likeness (QED) is 0.399. The third-order valence-electron chi connectivity index (χ3n) is 5.76. The molecular formula is C24H25F2N3O4S. The van der Waals surface area contributed by atoms with Gasteiger partial charge in [-0.1, -0.05) is 25.3 Å². The number of oxazole rings is 1. The topological polar surface area (TPSA) is 85.5 Å². The molecule has 0 saturated heterocycles. The molecule has 0 N–H and O–H groups in total. The van der Waals surface area contributed by atoms with Crippen LogP contribution < -0.4 is 4.90 Å². The Kier molecular flexibility index (Phi) is 7.66. The summed E-state index contributed by atoms with van der Waals surface area (Å²) in [4.78, 5) is 35.6. The van der Waals surface area contributed by atoms with E-state index in [9.17, 15) is 18.4 Å². The molecule has 10 heteroatoms. The number of aryl methyl sites for hydroxylation is 1. The second-order valence-electron chi connectivity index (χ2n) is 8.16. The average Bonchev–Trinajstić information content (AvgIpc) is 3.51. The predicted molar refractivity (Wildman–Crippen MR) is 122 cm³/mol. The molecule has 0 radical (unpaired) electrons. The molecule has 0 spiro atoms. The van der Waals surface area contributed by atoms with E-state index in [0.29, 0.717) is 5.13 Å². The fourth-order valence-electron chi connectivity index (χ4n) is 4.09. The minimum Gasteiger partial charge on any atom is -0.453 e. The summed E-state index contributed by atoms with van der Waals surface area (Å²) in [6, 6.07) is 3.55. The molecule has 1 fully saturated rings. The van der Waals surface area contributed by atoms with Gasteiger partial charge < -0.3 is 9.15 Å². The van der Waals surface area contributed by atoms with Gasteiger partial charge in [0, 0.05) is 24.0 Å². The first-order chi connectivity index (χ1) is 16.4. The van der Waals surface area contributed by atoms with E-state index in [0.717, 1.165) is 44.2 Å². The molecule has 1 saturated carbocycles. The second kappa shape index (κ2) is 10.9. The molecule has 3 aromatic rings. The molecule has 2 heterocycles. The number of ether oxygens (including phenoxy) is 1. The number of hydrogen-bond donors (Lipinski definition) is 0. The van der Waals surface area contributed by atoms with Gasteiger partial charge in [-0.25, -0.2) is 18.7 Å². The lowest BCUT2D eigenvalue weighted by Crippen LogP contribution is -2.47. The largest absolute Gasteiger partial charge is 0.453 e. The highest BCUT2D eigenvalue weighted by atomic mass is 32.1. The summed E-state index contributed by atoms with van der Waals surface area (Å²) in [6.45, 7) is 1.55. The second-order valence-corrected chi connectivity index (χ2v) is 9.03. The summed E-state index contributed by atoms with van der Waals surface area (Å²) in [5.74, 6) is -2.35. The number of aromatic nitrogens is 2. The van der Waals surface area contributed by atoms with Crippen LogP contribution in [0, 0.1) is 11.6 Å². The van der Waals surface area contributed by atoms with E-state index >= 15 is 0 Å². The van der Waals surface area contributed by atoms with Gasteiger partial charge in [-0.05, 0) is 31.9 Å². The van der Waals surface area contributed by atoms with E-state index in [4.69, 9.17) is 9.15 Å². The van der Waals surface area contributed by atoms with E-state index in [1.807, 2.05) is 5.38 Å². The van der Waals surface area contributed by atoms with Crippen LogP contribution in [-0.2, 0) is 20.7 Å². The number of thiazole rings is 1. The van der Waals surface area contributed by atoms with E-state index in [1.165, 1.54) is 23.6 Å². The van der Waals surface area contributed by atoms with Crippen molar-refractivity contribution in [3.05, 3.63) is 53.5 Å². The molecule has 1 amide bonds. The number of halogens is 2. The molecule has 4 rings (SSSR count). The average molecular weight is 490 g/mol. The molecule has 0 aliphatic heterocycles. The zero-order chi connectivity index (χ0) is 24.1. The van der Waals surface area contributed by atoms with Crippen LogP contribution in [0.4, 0.5) is 13.9 Å². The zero-order valence-electron chi connectivity index (χ0n) is 18.7.